The maximum Gasteiger partial charge on any atom is 0.244 e. The first-order valence-corrected chi connectivity index (χ1v) is 7.83. The van der Waals surface area contributed by atoms with Crippen LogP contribution in [0.15, 0.2) is 33.6 Å². The van der Waals surface area contributed by atoms with Gasteiger partial charge in [-0.1, -0.05) is 0 Å². The van der Waals surface area contributed by atoms with Crippen LogP contribution in [-0.2, 0) is 10.0 Å². The van der Waals surface area contributed by atoms with Crippen LogP contribution < -0.4 is 10.5 Å². The molecule has 2 rings (SSSR count). The van der Waals surface area contributed by atoms with E-state index in [1.807, 2.05) is 0 Å². The summed E-state index contributed by atoms with van der Waals surface area (Å²) in [4.78, 5) is -0.466. The van der Waals surface area contributed by atoms with Crippen molar-refractivity contribution in [2.45, 2.75) is 31.7 Å². The van der Waals surface area contributed by atoms with Gasteiger partial charge in [0.25, 0.3) is 0 Å². The Morgan fingerprint density at radius 1 is 1.29 bits per heavy atom. The largest absolute Gasteiger partial charge is 0.466 e. The Kier molecular flexibility index (Phi) is 4.06. The average molecular weight is 312 g/mol. The zero-order chi connectivity index (χ0) is 15.8. The third-order valence-corrected chi connectivity index (χ3v) is 4.68. The van der Waals surface area contributed by atoms with Crippen molar-refractivity contribution in [1.29, 1.82) is 0 Å². The van der Waals surface area contributed by atoms with Gasteiger partial charge in [-0.25, -0.2) is 17.5 Å². The summed E-state index contributed by atoms with van der Waals surface area (Å²) < 4.78 is 46.0. The van der Waals surface area contributed by atoms with Gasteiger partial charge in [0.1, 0.15) is 22.2 Å². The number of nitrogens with one attached hydrogen (secondary N) is 1. The maximum atomic E-state index is 13.7. The molecule has 21 heavy (non-hydrogen) atoms. The fourth-order valence-electron chi connectivity index (χ4n) is 2.17. The highest BCUT2D eigenvalue weighted by Crippen LogP contribution is 2.24. The van der Waals surface area contributed by atoms with Crippen LogP contribution in [0.25, 0.3) is 0 Å². The number of aryl methyl sites for hydroxylation is 2. The number of furan rings is 1. The quantitative estimate of drug-likeness (QED) is 0.850. The molecule has 0 aliphatic heterocycles. The zero-order valence-electron chi connectivity index (χ0n) is 12.0. The van der Waals surface area contributed by atoms with Crippen molar-refractivity contribution in [3.8, 4) is 0 Å². The summed E-state index contributed by atoms with van der Waals surface area (Å²) in [6, 6.07) is 4.63. The molecule has 0 radical (unpaired) electrons. The van der Waals surface area contributed by atoms with E-state index in [0.717, 1.165) is 12.1 Å². The van der Waals surface area contributed by atoms with Crippen molar-refractivity contribution in [3.05, 3.63) is 47.2 Å². The van der Waals surface area contributed by atoms with Gasteiger partial charge < -0.3 is 10.2 Å². The molecule has 0 aliphatic carbocycles. The molecule has 1 heterocycles. The van der Waals surface area contributed by atoms with Gasteiger partial charge in [-0.05, 0) is 45.0 Å². The summed E-state index contributed by atoms with van der Waals surface area (Å²) >= 11 is 0. The Bertz CT molecular complexity index is 769. The molecule has 0 bridgehead atoms. The molecule has 114 valence electrons. The zero-order valence-corrected chi connectivity index (χ0v) is 12.8. The Morgan fingerprint density at radius 2 is 1.95 bits per heavy atom. The van der Waals surface area contributed by atoms with Gasteiger partial charge in [0.05, 0.1) is 0 Å². The number of hydrogen-bond donors (Lipinski definition) is 2. The van der Waals surface area contributed by atoms with Gasteiger partial charge in [0, 0.05) is 17.3 Å². The van der Waals surface area contributed by atoms with Crippen LogP contribution >= 0.6 is 0 Å². The van der Waals surface area contributed by atoms with E-state index in [1.165, 1.54) is 6.07 Å². The lowest BCUT2D eigenvalue weighted by Crippen LogP contribution is -2.27. The summed E-state index contributed by atoms with van der Waals surface area (Å²) in [5, 5.41) is 0. The average Bonchev–Trinajstić information content (AvgIpc) is 2.71. The van der Waals surface area contributed by atoms with Gasteiger partial charge in [0.15, 0.2) is 0 Å². The summed E-state index contributed by atoms with van der Waals surface area (Å²) in [7, 11) is -4.02. The van der Waals surface area contributed by atoms with Gasteiger partial charge >= 0.3 is 0 Å². The first-order chi connectivity index (χ1) is 9.70. The Balaban J connectivity index is 2.33. The SMILES string of the molecule is Cc1cc(C(C)NS(=O)(=O)c2cc(N)ccc2F)c(C)o1. The molecule has 0 fully saturated rings. The van der Waals surface area contributed by atoms with Crippen molar-refractivity contribution in [2.75, 3.05) is 5.73 Å². The van der Waals surface area contributed by atoms with Crippen LogP contribution in [0.2, 0.25) is 0 Å². The minimum atomic E-state index is -4.02. The van der Waals surface area contributed by atoms with Gasteiger partial charge in [-0.3, -0.25) is 0 Å². The minimum Gasteiger partial charge on any atom is -0.466 e. The Labute approximate surface area is 123 Å². The van der Waals surface area contributed by atoms with Crippen LogP contribution in [0.5, 0.6) is 0 Å². The van der Waals surface area contributed by atoms with Crippen LogP contribution in [-0.4, -0.2) is 8.42 Å². The first kappa shape index (κ1) is 15.5. The fraction of sp³-hybridized carbons (Fsp3) is 0.286. The molecule has 1 aromatic carbocycles. The normalized spacial score (nSPS) is 13.3. The lowest BCUT2D eigenvalue weighted by atomic mass is 10.1. The fourth-order valence-corrected chi connectivity index (χ4v) is 3.50. The molecule has 0 saturated carbocycles. The third kappa shape index (κ3) is 3.25. The molecule has 0 aliphatic rings. The van der Waals surface area contributed by atoms with Crippen molar-refractivity contribution in [2.24, 2.45) is 0 Å². The van der Waals surface area contributed by atoms with Crippen molar-refractivity contribution < 1.29 is 17.2 Å². The smallest absolute Gasteiger partial charge is 0.244 e. The highest BCUT2D eigenvalue weighted by molar-refractivity contribution is 7.89. The molecule has 1 aromatic heterocycles. The van der Waals surface area contributed by atoms with E-state index in [0.29, 0.717) is 17.1 Å². The Hall–Kier alpha value is -1.86. The van der Waals surface area contributed by atoms with Crippen LogP contribution in [0, 0.1) is 19.7 Å². The second-order valence-corrected chi connectivity index (χ2v) is 6.58. The second kappa shape index (κ2) is 5.50. The van der Waals surface area contributed by atoms with E-state index in [9.17, 15) is 12.8 Å². The second-order valence-electron chi connectivity index (χ2n) is 4.90. The van der Waals surface area contributed by atoms with E-state index >= 15 is 0 Å². The Morgan fingerprint density at radius 3 is 2.52 bits per heavy atom. The number of anilines is 1. The van der Waals surface area contributed by atoms with E-state index in [1.54, 1.807) is 26.8 Å². The monoisotopic (exact) mass is 312 g/mol. The van der Waals surface area contributed by atoms with Gasteiger partial charge in [0.2, 0.25) is 10.0 Å². The molecule has 2 aromatic rings. The van der Waals surface area contributed by atoms with E-state index < -0.39 is 26.8 Å². The lowest BCUT2D eigenvalue weighted by molar-refractivity contribution is 0.496. The third-order valence-electron chi connectivity index (χ3n) is 3.12. The molecule has 1 atom stereocenters. The standard InChI is InChI=1S/C14H17FN2O3S/c1-8-6-12(10(3)20-8)9(2)17-21(18,19)14-7-11(16)4-5-13(14)15/h4-7,9,17H,16H2,1-3H3. The number of halogens is 1. The van der Waals surface area contributed by atoms with Crippen LogP contribution in [0.3, 0.4) is 0 Å². The van der Waals surface area contributed by atoms with Crippen LogP contribution in [0.4, 0.5) is 10.1 Å². The van der Waals surface area contributed by atoms with Crippen molar-refractivity contribution in [3.63, 3.8) is 0 Å². The number of hydrogen-bond acceptors (Lipinski definition) is 4. The molecular formula is C14H17FN2O3S. The summed E-state index contributed by atoms with van der Waals surface area (Å²) in [5.41, 5.74) is 6.41. The van der Waals surface area contributed by atoms with Gasteiger partial charge in [-0.2, -0.15) is 0 Å². The van der Waals surface area contributed by atoms with Gasteiger partial charge in [-0.15, -0.1) is 0 Å². The topological polar surface area (TPSA) is 85.3 Å². The summed E-state index contributed by atoms with van der Waals surface area (Å²) in [6.45, 7) is 5.18. The number of nitrogen functional groups attached to an aromatic ring is 1. The first-order valence-electron chi connectivity index (χ1n) is 6.35. The van der Waals surface area contributed by atoms with Crippen molar-refractivity contribution in [1.82, 2.24) is 4.72 Å². The molecule has 7 heteroatoms. The molecule has 0 saturated heterocycles. The van der Waals surface area contributed by atoms with Crippen LogP contribution in [0.1, 0.15) is 30.0 Å². The maximum absolute atomic E-state index is 13.7. The van der Waals surface area contributed by atoms with E-state index in [4.69, 9.17) is 10.2 Å². The lowest BCUT2D eigenvalue weighted by Gasteiger charge is -2.14. The molecule has 1 unspecified atom stereocenters. The summed E-state index contributed by atoms with van der Waals surface area (Å²) in [6.07, 6.45) is 0. The molecule has 5 nitrogen and oxygen atoms in total. The summed E-state index contributed by atoms with van der Waals surface area (Å²) in [5.74, 6) is 0.462. The minimum absolute atomic E-state index is 0.180. The predicted octanol–water partition coefficient (Wildman–Crippen LogP) is 2.66. The number of sulfonamides is 1. The number of nitrogens with two attached hydrogens (primary N) is 1. The molecular weight excluding hydrogens is 295 g/mol. The highest BCUT2D eigenvalue weighted by atomic mass is 32.2. The number of benzene rings is 1. The molecule has 0 spiro atoms. The predicted molar refractivity (Wildman–Crippen MR) is 77.7 cm³/mol. The van der Waals surface area contributed by atoms with E-state index in [2.05, 4.69) is 4.72 Å². The number of rotatable bonds is 4. The molecule has 0 amide bonds. The molecule has 3 N–H and O–H groups in total. The highest BCUT2D eigenvalue weighted by Gasteiger charge is 2.24. The van der Waals surface area contributed by atoms with Crippen molar-refractivity contribution >= 4 is 15.7 Å². The van der Waals surface area contributed by atoms with E-state index in [-0.39, 0.29) is 5.69 Å².